The number of anilines is 1. The minimum absolute atomic E-state index is 0.00772. The molecule has 0 saturated heterocycles. The summed E-state index contributed by atoms with van der Waals surface area (Å²) in [7, 11) is 0. The highest BCUT2D eigenvalue weighted by Crippen LogP contribution is 2.44. The molecule has 184 valence electrons. The standard InChI is InChI=1S/C28H24FNO6/c29-21-7-9-23(35-17-3-1-15-2-10-26(31)30-22(15)12-17)20-6-8-24(28(20)21)36-18-4-5-19-16(11-27(32)33)14-34-25(19)13-18/h1,3-5,7,9,12-13,16,24H,2,6,8,10-11,14H2,(H,30,31)(H,32,33)/t16-,24-/m1/s1. The molecule has 0 aromatic heterocycles. The van der Waals surface area contributed by atoms with Crippen LogP contribution in [0.2, 0.25) is 0 Å². The second-order valence-electron chi connectivity index (χ2n) is 9.36. The second-order valence-corrected chi connectivity index (χ2v) is 9.36. The fourth-order valence-electron chi connectivity index (χ4n) is 5.27. The van der Waals surface area contributed by atoms with Gasteiger partial charge in [-0.15, -0.1) is 0 Å². The minimum atomic E-state index is -0.868. The van der Waals surface area contributed by atoms with Gasteiger partial charge in [0.2, 0.25) is 5.91 Å². The summed E-state index contributed by atoms with van der Waals surface area (Å²) < 4.78 is 33.0. The van der Waals surface area contributed by atoms with Crippen molar-refractivity contribution >= 4 is 17.6 Å². The Hall–Kier alpha value is -4.07. The van der Waals surface area contributed by atoms with Crippen molar-refractivity contribution in [3.8, 4) is 23.0 Å². The van der Waals surface area contributed by atoms with Crippen molar-refractivity contribution in [2.45, 2.75) is 44.1 Å². The number of amides is 1. The summed E-state index contributed by atoms with van der Waals surface area (Å²) in [5.41, 5.74) is 3.89. The minimum Gasteiger partial charge on any atom is -0.492 e. The van der Waals surface area contributed by atoms with E-state index in [1.54, 1.807) is 24.3 Å². The number of carbonyl (C=O) groups excluding carboxylic acids is 1. The number of nitrogens with one attached hydrogen (secondary N) is 1. The normalized spacial score (nSPS) is 19.5. The van der Waals surface area contributed by atoms with E-state index in [-0.39, 0.29) is 24.1 Å². The van der Waals surface area contributed by atoms with Crippen LogP contribution in [-0.4, -0.2) is 23.6 Å². The molecule has 3 aromatic rings. The molecule has 0 bridgehead atoms. The predicted molar refractivity (Wildman–Crippen MR) is 128 cm³/mol. The third-order valence-electron chi connectivity index (χ3n) is 7.01. The van der Waals surface area contributed by atoms with Crippen molar-refractivity contribution < 1.29 is 33.3 Å². The van der Waals surface area contributed by atoms with E-state index in [2.05, 4.69) is 5.32 Å². The molecule has 36 heavy (non-hydrogen) atoms. The highest BCUT2D eigenvalue weighted by Gasteiger charge is 2.32. The number of aliphatic carboxylic acids is 1. The van der Waals surface area contributed by atoms with Gasteiger partial charge in [-0.25, -0.2) is 4.39 Å². The molecular formula is C28H24FNO6. The number of carboxylic acids is 1. The number of ether oxygens (including phenoxy) is 3. The van der Waals surface area contributed by atoms with Crippen molar-refractivity contribution in [3.63, 3.8) is 0 Å². The maximum atomic E-state index is 15.0. The van der Waals surface area contributed by atoms with Crippen LogP contribution >= 0.6 is 0 Å². The molecule has 2 heterocycles. The number of carbonyl (C=O) groups is 2. The maximum absolute atomic E-state index is 15.0. The number of hydrogen-bond donors (Lipinski definition) is 2. The fourth-order valence-corrected chi connectivity index (χ4v) is 5.27. The molecule has 0 saturated carbocycles. The maximum Gasteiger partial charge on any atom is 0.304 e. The lowest BCUT2D eigenvalue weighted by Gasteiger charge is -2.19. The zero-order valence-corrected chi connectivity index (χ0v) is 19.4. The largest absolute Gasteiger partial charge is 0.492 e. The topological polar surface area (TPSA) is 94.1 Å². The van der Waals surface area contributed by atoms with Gasteiger partial charge in [0.1, 0.15) is 34.9 Å². The molecule has 0 fully saturated rings. The molecule has 8 heteroatoms. The van der Waals surface area contributed by atoms with Crippen LogP contribution in [0.15, 0.2) is 48.5 Å². The van der Waals surface area contributed by atoms with Crippen molar-refractivity contribution in [2.75, 3.05) is 11.9 Å². The summed E-state index contributed by atoms with van der Waals surface area (Å²) in [4.78, 5) is 22.8. The number of halogens is 1. The monoisotopic (exact) mass is 489 g/mol. The second kappa shape index (κ2) is 8.86. The number of hydrogen-bond acceptors (Lipinski definition) is 5. The number of fused-ring (bicyclic) bond motifs is 3. The average molecular weight is 489 g/mol. The van der Waals surface area contributed by atoms with E-state index >= 15 is 0 Å². The van der Waals surface area contributed by atoms with Gasteiger partial charge in [0.25, 0.3) is 0 Å². The first-order chi connectivity index (χ1) is 17.4. The smallest absolute Gasteiger partial charge is 0.304 e. The van der Waals surface area contributed by atoms with Crippen LogP contribution in [0.5, 0.6) is 23.0 Å². The first kappa shape index (κ1) is 22.4. The lowest BCUT2D eigenvalue weighted by molar-refractivity contribution is -0.137. The Kier molecular flexibility index (Phi) is 5.51. The SMILES string of the molecule is O=C(O)C[C@@H]1COc2cc(O[C@@H]3CCc4c(Oc5ccc6c(c5)NC(=O)CC6)ccc(F)c43)ccc21. The van der Waals surface area contributed by atoms with Crippen molar-refractivity contribution in [3.05, 3.63) is 76.6 Å². The average Bonchev–Trinajstić information content (AvgIpc) is 3.45. The predicted octanol–water partition coefficient (Wildman–Crippen LogP) is 5.52. The molecular weight excluding hydrogens is 465 g/mol. The molecule has 0 unspecified atom stereocenters. The molecule has 6 rings (SSSR count). The third kappa shape index (κ3) is 4.12. The Morgan fingerprint density at radius 3 is 2.81 bits per heavy atom. The van der Waals surface area contributed by atoms with Crippen LogP contribution in [0.25, 0.3) is 0 Å². The van der Waals surface area contributed by atoms with Crippen LogP contribution in [0.1, 0.15) is 53.5 Å². The van der Waals surface area contributed by atoms with E-state index in [1.807, 2.05) is 18.2 Å². The van der Waals surface area contributed by atoms with Gasteiger partial charge in [-0.3, -0.25) is 9.59 Å². The quantitative estimate of drug-likeness (QED) is 0.474. The Morgan fingerprint density at radius 2 is 1.94 bits per heavy atom. The highest BCUT2D eigenvalue weighted by molar-refractivity contribution is 5.94. The Morgan fingerprint density at radius 1 is 1.08 bits per heavy atom. The van der Waals surface area contributed by atoms with Crippen molar-refractivity contribution in [1.82, 2.24) is 0 Å². The van der Waals surface area contributed by atoms with Crippen molar-refractivity contribution in [2.24, 2.45) is 0 Å². The molecule has 2 atom stereocenters. The molecule has 1 aliphatic carbocycles. The van der Waals surface area contributed by atoms with Gasteiger partial charge in [-0.05, 0) is 49.1 Å². The van der Waals surface area contributed by atoms with Gasteiger partial charge in [0.05, 0.1) is 13.0 Å². The summed E-state index contributed by atoms with van der Waals surface area (Å²) in [6.45, 7) is 0.319. The van der Waals surface area contributed by atoms with Crippen molar-refractivity contribution in [1.29, 1.82) is 0 Å². The summed E-state index contributed by atoms with van der Waals surface area (Å²) >= 11 is 0. The molecule has 0 radical (unpaired) electrons. The Balaban J connectivity index is 1.22. The first-order valence-corrected chi connectivity index (χ1v) is 12.0. The number of carboxylic acid groups (broad SMARTS) is 1. The van der Waals surface area contributed by atoms with E-state index in [9.17, 15) is 14.0 Å². The van der Waals surface area contributed by atoms with Crippen LogP contribution in [0.3, 0.4) is 0 Å². The van der Waals surface area contributed by atoms with E-state index in [4.69, 9.17) is 19.3 Å². The summed E-state index contributed by atoms with van der Waals surface area (Å²) in [6.07, 6.45) is 1.87. The fraction of sp³-hybridized carbons (Fsp3) is 0.286. The third-order valence-corrected chi connectivity index (χ3v) is 7.01. The molecule has 0 spiro atoms. The Bertz CT molecular complexity index is 1390. The van der Waals surface area contributed by atoms with Crippen LogP contribution in [0.4, 0.5) is 10.1 Å². The zero-order valence-electron chi connectivity index (χ0n) is 19.4. The first-order valence-electron chi connectivity index (χ1n) is 12.0. The molecule has 2 N–H and O–H groups in total. The van der Waals surface area contributed by atoms with Gasteiger partial charge in [-0.2, -0.15) is 0 Å². The summed E-state index contributed by atoms with van der Waals surface area (Å²) in [6, 6.07) is 14.0. The van der Waals surface area contributed by atoms with Crippen LogP contribution in [0, 0.1) is 5.82 Å². The van der Waals surface area contributed by atoms with Gasteiger partial charge < -0.3 is 24.6 Å². The van der Waals surface area contributed by atoms with E-state index in [0.29, 0.717) is 60.9 Å². The molecule has 7 nitrogen and oxygen atoms in total. The summed E-state index contributed by atoms with van der Waals surface area (Å²) in [5.74, 6) is 0.857. The van der Waals surface area contributed by atoms with Gasteiger partial charge in [0.15, 0.2) is 0 Å². The van der Waals surface area contributed by atoms with E-state index < -0.39 is 12.1 Å². The lowest BCUT2D eigenvalue weighted by Crippen LogP contribution is -2.18. The van der Waals surface area contributed by atoms with Gasteiger partial charge in [0, 0.05) is 46.8 Å². The zero-order chi connectivity index (χ0) is 24.8. The molecule has 3 aromatic carbocycles. The lowest BCUT2D eigenvalue weighted by atomic mass is 9.98. The van der Waals surface area contributed by atoms with Crippen LogP contribution in [-0.2, 0) is 22.4 Å². The number of aryl methyl sites for hydroxylation is 1. The van der Waals surface area contributed by atoms with E-state index in [1.165, 1.54) is 6.07 Å². The van der Waals surface area contributed by atoms with Gasteiger partial charge in [-0.1, -0.05) is 12.1 Å². The number of rotatable bonds is 6. The summed E-state index contributed by atoms with van der Waals surface area (Å²) in [5, 5.41) is 12.0. The van der Waals surface area contributed by atoms with Gasteiger partial charge >= 0.3 is 5.97 Å². The van der Waals surface area contributed by atoms with Crippen LogP contribution < -0.4 is 19.5 Å². The number of benzene rings is 3. The molecule has 2 aliphatic heterocycles. The van der Waals surface area contributed by atoms with E-state index in [0.717, 1.165) is 22.4 Å². The Labute approximate surface area is 206 Å². The molecule has 3 aliphatic rings. The molecule has 1 amide bonds. The highest BCUT2D eigenvalue weighted by atomic mass is 19.1.